The smallest absolute Gasteiger partial charge is 0.0605 e. The zero-order valence-electron chi connectivity index (χ0n) is 12.3. The second kappa shape index (κ2) is 6.87. The summed E-state index contributed by atoms with van der Waals surface area (Å²) in [5.74, 6) is 0. The number of rotatable bonds is 5. The van der Waals surface area contributed by atoms with Crippen LogP contribution in [0.4, 0.5) is 0 Å². The lowest BCUT2D eigenvalue weighted by Crippen LogP contribution is -2.24. The highest BCUT2D eigenvalue weighted by atomic mass is 35.5. The molecule has 0 spiro atoms. The fourth-order valence-electron chi connectivity index (χ4n) is 2.41. The number of benzene rings is 1. The van der Waals surface area contributed by atoms with Gasteiger partial charge in [-0.25, -0.2) is 0 Å². The van der Waals surface area contributed by atoms with Crippen LogP contribution in [-0.2, 0) is 6.42 Å². The van der Waals surface area contributed by atoms with Gasteiger partial charge in [-0.1, -0.05) is 36.7 Å². The minimum absolute atomic E-state index is 0.196. The van der Waals surface area contributed by atoms with E-state index >= 15 is 0 Å². The maximum absolute atomic E-state index is 6.35. The first-order chi connectivity index (χ1) is 9.61. The van der Waals surface area contributed by atoms with Crippen LogP contribution in [0.5, 0.6) is 0 Å². The van der Waals surface area contributed by atoms with E-state index in [1.807, 2.05) is 18.3 Å². The molecule has 2 rings (SSSR count). The monoisotopic (exact) mass is 288 g/mol. The van der Waals surface area contributed by atoms with Gasteiger partial charge in [0.2, 0.25) is 0 Å². The predicted molar refractivity (Wildman–Crippen MR) is 85.3 cm³/mol. The molecule has 0 aliphatic heterocycles. The number of aromatic nitrogens is 1. The summed E-state index contributed by atoms with van der Waals surface area (Å²) < 4.78 is 0. The molecule has 20 heavy (non-hydrogen) atoms. The van der Waals surface area contributed by atoms with Crippen molar-refractivity contribution in [1.82, 2.24) is 10.3 Å². The summed E-state index contributed by atoms with van der Waals surface area (Å²) in [4.78, 5) is 4.54. The molecule has 0 aliphatic rings. The largest absolute Gasteiger partial charge is 0.309 e. The Morgan fingerprint density at radius 2 is 2.05 bits per heavy atom. The highest BCUT2D eigenvalue weighted by Crippen LogP contribution is 2.25. The lowest BCUT2D eigenvalue weighted by Gasteiger charge is -2.20. The minimum atomic E-state index is 0.196. The van der Waals surface area contributed by atoms with E-state index in [4.69, 9.17) is 11.6 Å². The van der Waals surface area contributed by atoms with E-state index in [1.54, 1.807) is 0 Å². The Hall–Kier alpha value is -1.38. The number of likely N-dealkylation sites (N-methyl/N-ethyl adjacent to an activating group) is 1. The highest BCUT2D eigenvalue weighted by molar-refractivity contribution is 6.31. The number of hydrogen-bond donors (Lipinski definition) is 1. The SMILES string of the molecule is CCNC(Cc1ccc(C)cc1Cl)c1ncccc1C. The number of nitrogens with zero attached hydrogens (tertiary/aromatic N) is 1. The fourth-order valence-corrected chi connectivity index (χ4v) is 2.72. The van der Waals surface area contributed by atoms with Gasteiger partial charge in [-0.3, -0.25) is 4.98 Å². The van der Waals surface area contributed by atoms with Gasteiger partial charge in [0.15, 0.2) is 0 Å². The van der Waals surface area contributed by atoms with E-state index in [2.05, 4.69) is 49.3 Å². The van der Waals surface area contributed by atoms with Gasteiger partial charge in [-0.2, -0.15) is 0 Å². The van der Waals surface area contributed by atoms with Gasteiger partial charge in [-0.05, 0) is 55.6 Å². The molecule has 106 valence electrons. The van der Waals surface area contributed by atoms with Crippen molar-refractivity contribution < 1.29 is 0 Å². The zero-order chi connectivity index (χ0) is 14.5. The van der Waals surface area contributed by atoms with Crippen LogP contribution < -0.4 is 5.32 Å². The molecule has 0 saturated carbocycles. The van der Waals surface area contributed by atoms with Gasteiger partial charge in [0.05, 0.1) is 11.7 Å². The normalized spacial score (nSPS) is 12.4. The van der Waals surface area contributed by atoms with Crippen molar-refractivity contribution in [3.63, 3.8) is 0 Å². The molecule has 2 nitrogen and oxygen atoms in total. The highest BCUT2D eigenvalue weighted by Gasteiger charge is 2.16. The molecule has 0 amide bonds. The third kappa shape index (κ3) is 3.59. The molecule has 1 aromatic carbocycles. The van der Waals surface area contributed by atoms with Crippen LogP contribution in [0.3, 0.4) is 0 Å². The molecule has 0 aliphatic carbocycles. The standard InChI is InChI=1S/C17H21ClN2/c1-4-19-16(17-13(3)6-5-9-20-17)11-14-8-7-12(2)10-15(14)18/h5-10,16,19H,4,11H2,1-3H3. The van der Waals surface area contributed by atoms with Crippen molar-refractivity contribution >= 4 is 11.6 Å². The van der Waals surface area contributed by atoms with Crippen LogP contribution in [0.25, 0.3) is 0 Å². The molecule has 1 atom stereocenters. The number of halogens is 1. The average Bonchev–Trinajstić information content (AvgIpc) is 2.42. The van der Waals surface area contributed by atoms with Crippen molar-refractivity contribution in [2.45, 2.75) is 33.2 Å². The van der Waals surface area contributed by atoms with Crippen molar-refractivity contribution in [3.8, 4) is 0 Å². The number of aryl methyl sites for hydroxylation is 2. The van der Waals surface area contributed by atoms with Crippen LogP contribution in [0, 0.1) is 13.8 Å². The first-order valence-corrected chi connectivity index (χ1v) is 7.39. The summed E-state index contributed by atoms with van der Waals surface area (Å²) in [6, 6.07) is 10.5. The Morgan fingerprint density at radius 1 is 1.25 bits per heavy atom. The maximum Gasteiger partial charge on any atom is 0.0605 e. The van der Waals surface area contributed by atoms with E-state index in [9.17, 15) is 0 Å². The first-order valence-electron chi connectivity index (χ1n) is 7.01. The molecule has 0 saturated heterocycles. The van der Waals surface area contributed by atoms with Crippen LogP contribution in [0.2, 0.25) is 5.02 Å². The summed E-state index contributed by atoms with van der Waals surface area (Å²) in [7, 11) is 0. The molecular weight excluding hydrogens is 268 g/mol. The summed E-state index contributed by atoms with van der Waals surface area (Å²) in [5, 5.41) is 4.34. The predicted octanol–water partition coefficient (Wildman–Crippen LogP) is 4.25. The molecule has 3 heteroatoms. The van der Waals surface area contributed by atoms with Gasteiger partial charge in [0.25, 0.3) is 0 Å². The molecule has 1 unspecified atom stereocenters. The molecule has 1 N–H and O–H groups in total. The van der Waals surface area contributed by atoms with Gasteiger partial charge < -0.3 is 5.32 Å². The third-order valence-corrected chi connectivity index (χ3v) is 3.81. The van der Waals surface area contributed by atoms with E-state index < -0.39 is 0 Å². The van der Waals surface area contributed by atoms with E-state index in [-0.39, 0.29) is 6.04 Å². The van der Waals surface area contributed by atoms with Crippen molar-refractivity contribution in [3.05, 3.63) is 63.9 Å². The Morgan fingerprint density at radius 3 is 2.70 bits per heavy atom. The summed E-state index contributed by atoms with van der Waals surface area (Å²) in [6.45, 7) is 7.18. The quantitative estimate of drug-likeness (QED) is 0.890. The third-order valence-electron chi connectivity index (χ3n) is 3.46. The Bertz CT molecular complexity index is 581. The van der Waals surface area contributed by atoms with Crippen LogP contribution >= 0.6 is 11.6 Å². The van der Waals surface area contributed by atoms with E-state index in [1.165, 1.54) is 11.1 Å². The molecule has 2 aromatic rings. The maximum atomic E-state index is 6.35. The number of hydrogen-bond acceptors (Lipinski definition) is 2. The van der Waals surface area contributed by atoms with Gasteiger partial charge in [-0.15, -0.1) is 0 Å². The minimum Gasteiger partial charge on any atom is -0.309 e. The summed E-state index contributed by atoms with van der Waals surface area (Å²) in [5.41, 5.74) is 4.66. The Kier molecular flexibility index (Phi) is 5.16. The number of nitrogens with one attached hydrogen (secondary N) is 1. The summed E-state index contributed by atoms with van der Waals surface area (Å²) >= 11 is 6.35. The van der Waals surface area contributed by atoms with Crippen molar-refractivity contribution in [1.29, 1.82) is 0 Å². The number of pyridine rings is 1. The molecule has 0 bridgehead atoms. The van der Waals surface area contributed by atoms with Crippen LogP contribution in [0.15, 0.2) is 36.5 Å². The Labute approximate surface area is 126 Å². The van der Waals surface area contributed by atoms with Gasteiger partial charge in [0, 0.05) is 11.2 Å². The Balaban J connectivity index is 2.28. The second-order valence-electron chi connectivity index (χ2n) is 5.11. The van der Waals surface area contributed by atoms with Crippen molar-refractivity contribution in [2.24, 2.45) is 0 Å². The molecule has 0 radical (unpaired) electrons. The zero-order valence-corrected chi connectivity index (χ0v) is 13.0. The summed E-state index contributed by atoms with van der Waals surface area (Å²) in [6.07, 6.45) is 2.70. The molecule has 1 aromatic heterocycles. The second-order valence-corrected chi connectivity index (χ2v) is 5.52. The van der Waals surface area contributed by atoms with Crippen molar-refractivity contribution in [2.75, 3.05) is 6.54 Å². The first kappa shape index (κ1) is 15.0. The van der Waals surface area contributed by atoms with E-state index in [0.29, 0.717) is 0 Å². The topological polar surface area (TPSA) is 24.9 Å². The fraction of sp³-hybridized carbons (Fsp3) is 0.353. The lowest BCUT2D eigenvalue weighted by atomic mass is 9.99. The molecule has 0 fully saturated rings. The lowest BCUT2D eigenvalue weighted by molar-refractivity contribution is 0.534. The molecule has 1 heterocycles. The molecular formula is C17H21ClN2. The van der Waals surface area contributed by atoms with E-state index in [0.717, 1.165) is 29.2 Å². The average molecular weight is 289 g/mol. The van der Waals surface area contributed by atoms with Crippen LogP contribution in [-0.4, -0.2) is 11.5 Å². The van der Waals surface area contributed by atoms with Gasteiger partial charge >= 0.3 is 0 Å². The van der Waals surface area contributed by atoms with Gasteiger partial charge in [0.1, 0.15) is 0 Å². The van der Waals surface area contributed by atoms with Crippen LogP contribution in [0.1, 0.15) is 35.3 Å².